The number of aliphatic hydroxyl groups excluding tert-OH is 1. The van der Waals surface area contributed by atoms with Gasteiger partial charge in [0.15, 0.2) is 20.7 Å². The maximum absolute atomic E-state index is 13.4. The van der Waals surface area contributed by atoms with Crippen LogP contribution in [0.1, 0.15) is 44.5 Å². The Morgan fingerprint density at radius 3 is 2.48 bits per heavy atom. The van der Waals surface area contributed by atoms with Crippen LogP contribution in [0.25, 0.3) is 0 Å². The number of Topliss-reactive ketones (excluding diaryl/α,β-unsaturated/α-hetero) is 1. The third kappa shape index (κ3) is 5.95. The third-order valence-corrected chi connectivity index (χ3v) is 12.2. The van der Waals surface area contributed by atoms with Crippen LogP contribution in [0.4, 0.5) is 10.5 Å². The Labute approximate surface area is 233 Å². The number of fused-ring (bicyclic) bond motifs is 1. The number of carbonyl (C=O) groups excluding carboxylic acids is 4. The number of β-lactam (4-membered cyclic amide) rings is 1. The zero-order valence-corrected chi connectivity index (χ0v) is 24.5. The number of carbonyl (C=O) groups is 5. The molecule has 1 saturated heterocycles. The molecule has 0 saturated carbocycles. The minimum absolute atomic E-state index is 0.00875. The van der Waals surface area contributed by atoms with Crippen molar-refractivity contribution in [1.29, 1.82) is 0 Å². The van der Waals surface area contributed by atoms with Crippen LogP contribution in [0.3, 0.4) is 0 Å². The maximum atomic E-state index is 13.4. The highest BCUT2D eigenvalue weighted by atomic mass is 28.4. The number of likely N-dealkylation sites (tertiary alicyclic amines) is 1. The fourth-order valence-corrected chi connectivity index (χ4v) is 5.92. The highest BCUT2D eigenvalue weighted by Gasteiger charge is 2.56. The van der Waals surface area contributed by atoms with Gasteiger partial charge in [-0.05, 0) is 43.3 Å². The van der Waals surface area contributed by atoms with Crippen LogP contribution in [0.5, 0.6) is 5.75 Å². The number of ketones is 1. The lowest BCUT2D eigenvalue weighted by Crippen LogP contribution is -2.70. The van der Waals surface area contributed by atoms with Crippen molar-refractivity contribution in [2.45, 2.75) is 70.6 Å². The molecule has 0 aromatic heterocycles. The first kappa shape index (κ1) is 31.0. The molecule has 2 aliphatic heterocycles. The molecule has 3 rings (SSSR count). The molecule has 1 aromatic carbocycles. The highest BCUT2D eigenvalue weighted by Crippen LogP contribution is 2.42. The topological polar surface area (TPSA) is 160 Å². The summed E-state index contributed by atoms with van der Waals surface area (Å²) in [6, 6.07) is 3.20. The van der Waals surface area contributed by atoms with E-state index in [9.17, 15) is 34.2 Å². The summed E-state index contributed by atoms with van der Waals surface area (Å²) in [6.07, 6.45) is -2.73. The normalized spacial score (nSPS) is 20.6. The summed E-state index contributed by atoms with van der Waals surface area (Å²) < 4.78 is 16.8. The van der Waals surface area contributed by atoms with Crippen molar-refractivity contribution in [3.63, 3.8) is 0 Å². The Kier molecular flexibility index (Phi) is 8.92. The molecule has 3 amide bonds. The molecule has 2 aliphatic rings. The SMILES string of the molecule is C=CCOC(=O)N1C(=O)COc2ccc(C(=O)CC3[C@@H]([C@@H](C)O[Si](C)(C)C(C)(C)C)C(=O)N3[C@H](O)C(=O)O)cc21. The van der Waals surface area contributed by atoms with Crippen molar-refractivity contribution in [3.8, 4) is 5.75 Å². The second-order valence-electron chi connectivity index (χ2n) is 11.3. The molecule has 0 radical (unpaired) electrons. The molecule has 0 bridgehead atoms. The van der Waals surface area contributed by atoms with E-state index >= 15 is 0 Å². The number of hydrogen-bond acceptors (Lipinski definition) is 9. The third-order valence-electron chi connectivity index (χ3n) is 7.61. The summed E-state index contributed by atoms with van der Waals surface area (Å²) in [7, 11) is -2.33. The van der Waals surface area contributed by atoms with E-state index in [1.165, 1.54) is 24.3 Å². The summed E-state index contributed by atoms with van der Waals surface area (Å²) in [5, 5.41) is 19.4. The lowest BCUT2D eigenvalue weighted by Gasteiger charge is -2.51. The van der Waals surface area contributed by atoms with Crippen LogP contribution in [0.15, 0.2) is 30.9 Å². The molecule has 1 unspecified atom stereocenters. The first-order chi connectivity index (χ1) is 18.5. The van der Waals surface area contributed by atoms with Gasteiger partial charge in [-0.15, -0.1) is 0 Å². The minimum atomic E-state index is -2.33. The van der Waals surface area contributed by atoms with E-state index in [2.05, 4.69) is 6.58 Å². The molecule has 0 aliphatic carbocycles. The fraction of sp³-hybridized carbons (Fsp3) is 0.519. The molecule has 0 spiro atoms. The number of hydrogen-bond donors (Lipinski definition) is 2. The number of benzene rings is 1. The molecule has 12 nitrogen and oxygen atoms in total. The number of carboxylic acids is 1. The fourth-order valence-electron chi connectivity index (χ4n) is 4.49. The molecular formula is C27H36N2O10Si. The maximum Gasteiger partial charge on any atom is 0.421 e. The number of carboxylic acid groups (broad SMARTS) is 1. The second kappa shape index (κ2) is 11.5. The van der Waals surface area contributed by atoms with E-state index in [0.717, 1.165) is 9.80 Å². The zero-order valence-electron chi connectivity index (χ0n) is 23.5. The number of anilines is 1. The minimum Gasteiger partial charge on any atom is -0.482 e. The van der Waals surface area contributed by atoms with Crippen molar-refractivity contribution in [3.05, 3.63) is 36.4 Å². The standard InChI is InChI=1S/C27H36N2O10Si/c1-8-11-37-26(36)28-17-12-16(9-10-20(17)38-14-21(28)31)19(30)13-18-22(23(32)29(18)24(33)25(34)35)15(2)39-40(6,7)27(3,4)5/h8-10,12,15,18,22,24,33H,1,11,13-14H2,2-7H3,(H,34,35)/t15-,18?,22-,24-/m1/s1. The predicted molar refractivity (Wildman–Crippen MR) is 145 cm³/mol. The molecule has 1 fully saturated rings. The summed E-state index contributed by atoms with van der Waals surface area (Å²) in [4.78, 5) is 64.5. The van der Waals surface area contributed by atoms with Gasteiger partial charge in [0.1, 0.15) is 12.4 Å². The Balaban J connectivity index is 1.90. The van der Waals surface area contributed by atoms with Crippen molar-refractivity contribution in [2.75, 3.05) is 18.1 Å². The van der Waals surface area contributed by atoms with Gasteiger partial charge in [-0.3, -0.25) is 14.4 Å². The lowest BCUT2D eigenvalue weighted by atomic mass is 9.79. The Hall–Kier alpha value is -3.55. The smallest absolute Gasteiger partial charge is 0.421 e. The molecule has 4 atom stereocenters. The molecular weight excluding hydrogens is 540 g/mol. The van der Waals surface area contributed by atoms with Crippen molar-refractivity contribution >= 4 is 43.7 Å². The highest BCUT2D eigenvalue weighted by molar-refractivity contribution is 6.74. The summed E-state index contributed by atoms with van der Waals surface area (Å²) >= 11 is 0. The Bertz CT molecular complexity index is 1220. The molecule has 218 valence electrons. The summed E-state index contributed by atoms with van der Waals surface area (Å²) in [5.74, 6) is -4.13. The zero-order chi connectivity index (χ0) is 30.2. The van der Waals surface area contributed by atoms with E-state index in [4.69, 9.17) is 13.9 Å². The van der Waals surface area contributed by atoms with Gasteiger partial charge in [-0.2, -0.15) is 0 Å². The van der Waals surface area contributed by atoms with Gasteiger partial charge in [-0.25, -0.2) is 14.5 Å². The van der Waals surface area contributed by atoms with Crippen molar-refractivity contribution < 1.29 is 48.1 Å². The van der Waals surface area contributed by atoms with E-state index in [0.29, 0.717) is 0 Å². The summed E-state index contributed by atoms with van der Waals surface area (Å²) in [6.45, 7) is 14.8. The van der Waals surface area contributed by atoms with Crippen LogP contribution < -0.4 is 9.64 Å². The number of rotatable bonds is 10. The van der Waals surface area contributed by atoms with Crippen molar-refractivity contribution in [1.82, 2.24) is 4.90 Å². The van der Waals surface area contributed by atoms with Gasteiger partial charge in [0.2, 0.25) is 12.1 Å². The molecule has 40 heavy (non-hydrogen) atoms. The average molecular weight is 577 g/mol. The predicted octanol–water partition coefficient (Wildman–Crippen LogP) is 2.95. The first-order valence-electron chi connectivity index (χ1n) is 12.8. The molecule has 1 aromatic rings. The van der Waals surface area contributed by atoms with Crippen LogP contribution in [0, 0.1) is 5.92 Å². The monoisotopic (exact) mass is 576 g/mol. The number of aliphatic carboxylic acids is 1. The molecule has 2 N–H and O–H groups in total. The van der Waals surface area contributed by atoms with Gasteiger partial charge in [-0.1, -0.05) is 33.4 Å². The van der Waals surface area contributed by atoms with E-state index in [1.54, 1.807) is 6.92 Å². The van der Waals surface area contributed by atoms with E-state index in [-0.39, 0.29) is 35.1 Å². The van der Waals surface area contributed by atoms with Crippen LogP contribution in [0.2, 0.25) is 18.1 Å². The number of imide groups is 1. The van der Waals surface area contributed by atoms with Crippen LogP contribution in [-0.4, -0.2) is 84.7 Å². The number of aliphatic hydroxyl groups is 1. The largest absolute Gasteiger partial charge is 0.482 e. The first-order valence-corrected chi connectivity index (χ1v) is 15.7. The second-order valence-corrected chi connectivity index (χ2v) is 16.1. The van der Waals surface area contributed by atoms with Crippen molar-refractivity contribution in [2.24, 2.45) is 5.92 Å². The van der Waals surface area contributed by atoms with Gasteiger partial charge in [0.05, 0.1) is 23.8 Å². The van der Waals surface area contributed by atoms with Crippen LogP contribution >= 0.6 is 0 Å². The Morgan fingerprint density at radius 2 is 1.90 bits per heavy atom. The van der Waals surface area contributed by atoms with Gasteiger partial charge >= 0.3 is 12.1 Å². The van der Waals surface area contributed by atoms with E-state index < -0.39 is 68.9 Å². The average Bonchev–Trinajstić information content (AvgIpc) is 2.85. The molecule has 2 heterocycles. The Morgan fingerprint density at radius 1 is 1.25 bits per heavy atom. The number of nitrogens with zero attached hydrogens (tertiary/aromatic N) is 2. The van der Waals surface area contributed by atoms with Gasteiger partial charge in [0, 0.05) is 12.0 Å². The van der Waals surface area contributed by atoms with E-state index in [1.807, 2.05) is 33.9 Å². The van der Waals surface area contributed by atoms with Gasteiger partial charge in [0.25, 0.3) is 5.91 Å². The number of ether oxygens (including phenoxy) is 2. The number of amides is 3. The quantitative estimate of drug-likeness (QED) is 0.183. The summed E-state index contributed by atoms with van der Waals surface area (Å²) in [5.41, 5.74) is 0.0915. The molecule has 13 heteroatoms. The lowest BCUT2D eigenvalue weighted by molar-refractivity contribution is -0.193. The van der Waals surface area contributed by atoms with Gasteiger partial charge < -0.3 is 29.0 Å². The van der Waals surface area contributed by atoms with Crippen LogP contribution in [-0.2, 0) is 23.5 Å².